The van der Waals surface area contributed by atoms with Crippen LogP contribution in [0.4, 0.5) is 4.79 Å². The highest BCUT2D eigenvalue weighted by atomic mass is 16.3. The second-order valence-electron chi connectivity index (χ2n) is 7.01. The molecule has 0 fully saturated rings. The van der Waals surface area contributed by atoms with Crippen LogP contribution in [-0.2, 0) is 0 Å². The van der Waals surface area contributed by atoms with E-state index in [1.54, 1.807) is 11.9 Å². The molecule has 2 amide bonds. The van der Waals surface area contributed by atoms with Gasteiger partial charge in [0.05, 0.1) is 6.04 Å². The summed E-state index contributed by atoms with van der Waals surface area (Å²) in [5.41, 5.74) is 0.875. The molecular weight excluding hydrogens is 276 g/mol. The van der Waals surface area contributed by atoms with Crippen molar-refractivity contribution in [2.24, 2.45) is 5.41 Å². The number of urea groups is 1. The number of rotatable bonds is 3. The van der Waals surface area contributed by atoms with Crippen molar-refractivity contribution in [1.82, 2.24) is 10.2 Å². The standard InChI is InChI=1S/C18H26N2O2/c1-12(16-11-14-9-7-8-10-15(14)22-16)20(6)17(21)19-13(2)18(3,4)5/h7-13H,1-6H3,(H,19,21)/t12-,13-/m0/s1. The lowest BCUT2D eigenvalue weighted by atomic mass is 9.88. The fourth-order valence-corrected chi connectivity index (χ4v) is 2.08. The van der Waals surface area contributed by atoms with Gasteiger partial charge >= 0.3 is 6.03 Å². The second kappa shape index (κ2) is 6.03. The molecule has 22 heavy (non-hydrogen) atoms. The highest BCUT2D eigenvalue weighted by molar-refractivity contribution is 5.78. The normalized spacial score (nSPS) is 14.6. The van der Waals surface area contributed by atoms with Crippen molar-refractivity contribution in [3.05, 3.63) is 36.1 Å². The Labute approximate surface area is 132 Å². The predicted molar refractivity (Wildman–Crippen MR) is 89.8 cm³/mol. The number of fused-ring (bicyclic) bond motifs is 1. The third-order valence-electron chi connectivity index (χ3n) is 4.40. The van der Waals surface area contributed by atoms with E-state index in [2.05, 4.69) is 26.1 Å². The smallest absolute Gasteiger partial charge is 0.317 e. The molecule has 0 unspecified atom stereocenters. The molecule has 0 aliphatic carbocycles. The zero-order valence-corrected chi connectivity index (χ0v) is 14.3. The fourth-order valence-electron chi connectivity index (χ4n) is 2.08. The van der Waals surface area contributed by atoms with Gasteiger partial charge < -0.3 is 14.6 Å². The van der Waals surface area contributed by atoms with E-state index >= 15 is 0 Å². The van der Waals surface area contributed by atoms with Gasteiger partial charge in [-0.2, -0.15) is 0 Å². The number of hydrogen-bond acceptors (Lipinski definition) is 2. The summed E-state index contributed by atoms with van der Waals surface area (Å²) in [4.78, 5) is 14.1. The van der Waals surface area contributed by atoms with Crippen molar-refractivity contribution in [3.63, 3.8) is 0 Å². The van der Waals surface area contributed by atoms with Crippen molar-refractivity contribution >= 4 is 17.0 Å². The van der Waals surface area contributed by atoms with E-state index in [9.17, 15) is 4.79 Å². The maximum atomic E-state index is 12.4. The van der Waals surface area contributed by atoms with Crippen LogP contribution in [0, 0.1) is 5.41 Å². The topological polar surface area (TPSA) is 45.5 Å². The van der Waals surface area contributed by atoms with Crippen LogP contribution < -0.4 is 5.32 Å². The number of benzene rings is 1. The molecule has 0 aliphatic heterocycles. The third-order valence-corrected chi connectivity index (χ3v) is 4.40. The maximum absolute atomic E-state index is 12.4. The quantitative estimate of drug-likeness (QED) is 0.902. The van der Waals surface area contributed by atoms with Crippen LogP contribution in [0.3, 0.4) is 0 Å². The SMILES string of the molecule is C[C@H](NC(=O)N(C)[C@@H](C)c1cc2ccccc2o1)C(C)(C)C. The Bertz CT molecular complexity index is 621. The Morgan fingerprint density at radius 1 is 1.23 bits per heavy atom. The summed E-state index contributed by atoms with van der Waals surface area (Å²) in [6.07, 6.45) is 0. The summed E-state index contributed by atoms with van der Waals surface area (Å²) in [5, 5.41) is 4.11. The summed E-state index contributed by atoms with van der Waals surface area (Å²) >= 11 is 0. The molecular formula is C18H26N2O2. The zero-order valence-electron chi connectivity index (χ0n) is 14.3. The first-order valence-electron chi connectivity index (χ1n) is 7.72. The molecule has 0 radical (unpaired) electrons. The average molecular weight is 302 g/mol. The van der Waals surface area contributed by atoms with Gasteiger partial charge in [0.15, 0.2) is 0 Å². The predicted octanol–water partition coefficient (Wildman–Crippen LogP) is 4.57. The first-order chi connectivity index (χ1) is 10.2. The van der Waals surface area contributed by atoms with Crippen LogP contribution in [0.2, 0.25) is 0 Å². The fraction of sp³-hybridized carbons (Fsp3) is 0.500. The van der Waals surface area contributed by atoms with Crippen LogP contribution >= 0.6 is 0 Å². The Morgan fingerprint density at radius 3 is 2.45 bits per heavy atom. The van der Waals surface area contributed by atoms with Crippen molar-refractivity contribution in [2.45, 2.75) is 46.7 Å². The third kappa shape index (κ3) is 3.43. The van der Waals surface area contributed by atoms with E-state index in [4.69, 9.17) is 4.42 Å². The molecule has 0 saturated heterocycles. The van der Waals surface area contributed by atoms with Gasteiger partial charge in [-0.3, -0.25) is 0 Å². The van der Waals surface area contributed by atoms with E-state index in [-0.39, 0.29) is 23.5 Å². The van der Waals surface area contributed by atoms with Gasteiger partial charge in [-0.25, -0.2) is 4.79 Å². The molecule has 1 aromatic carbocycles. The largest absolute Gasteiger partial charge is 0.459 e. The first kappa shape index (κ1) is 16.4. The van der Waals surface area contributed by atoms with Crippen LogP contribution in [0.15, 0.2) is 34.7 Å². The van der Waals surface area contributed by atoms with Crippen LogP contribution in [0.1, 0.15) is 46.4 Å². The van der Waals surface area contributed by atoms with E-state index in [1.165, 1.54) is 0 Å². The number of hydrogen-bond donors (Lipinski definition) is 1. The molecule has 1 heterocycles. The van der Waals surface area contributed by atoms with Gasteiger partial charge in [0, 0.05) is 18.5 Å². The molecule has 2 aromatic rings. The molecule has 2 rings (SSSR count). The van der Waals surface area contributed by atoms with E-state index in [1.807, 2.05) is 44.2 Å². The number of nitrogens with one attached hydrogen (secondary N) is 1. The number of amides is 2. The van der Waals surface area contributed by atoms with Gasteiger partial charge in [0.25, 0.3) is 0 Å². The minimum Gasteiger partial charge on any atom is -0.459 e. The van der Waals surface area contributed by atoms with Gasteiger partial charge in [-0.05, 0) is 31.4 Å². The number of furan rings is 1. The molecule has 0 aliphatic rings. The minimum absolute atomic E-state index is 0.0269. The van der Waals surface area contributed by atoms with Crippen LogP contribution in [0.25, 0.3) is 11.0 Å². The summed E-state index contributed by atoms with van der Waals surface area (Å²) in [5.74, 6) is 0.794. The summed E-state index contributed by atoms with van der Waals surface area (Å²) in [6.45, 7) is 10.3. The molecule has 120 valence electrons. The zero-order chi connectivity index (χ0) is 16.5. The molecule has 0 bridgehead atoms. The monoisotopic (exact) mass is 302 g/mol. The lowest BCUT2D eigenvalue weighted by molar-refractivity contribution is 0.174. The van der Waals surface area contributed by atoms with Gasteiger partial charge in [-0.15, -0.1) is 0 Å². The Morgan fingerprint density at radius 2 is 1.86 bits per heavy atom. The minimum atomic E-state index is -0.125. The number of para-hydroxylation sites is 1. The van der Waals surface area contributed by atoms with Gasteiger partial charge in [-0.1, -0.05) is 39.0 Å². The summed E-state index contributed by atoms with van der Waals surface area (Å²) in [6, 6.07) is 9.75. The van der Waals surface area contributed by atoms with Crippen LogP contribution in [0.5, 0.6) is 0 Å². The molecule has 4 heteroatoms. The number of carbonyl (C=O) groups excluding carboxylic acids is 1. The summed E-state index contributed by atoms with van der Waals surface area (Å²) < 4.78 is 5.85. The molecule has 1 N–H and O–H groups in total. The molecule has 0 saturated carbocycles. The van der Waals surface area contributed by atoms with Crippen molar-refractivity contribution in [3.8, 4) is 0 Å². The van der Waals surface area contributed by atoms with Crippen molar-refractivity contribution in [1.29, 1.82) is 0 Å². The Hall–Kier alpha value is -1.97. The van der Waals surface area contributed by atoms with E-state index < -0.39 is 0 Å². The maximum Gasteiger partial charge on any atom is 0.317 e. The number of nitrogens with zero attached hydrogens (tertiary/aromatic N) is 1. The lowest BCUT2D eigenvalue weighted by Gasteiger charge is -2.31. The average Bonchev–Trinajstić information content (AvgIpc) is 2.88. The van der Waals surface area contributed by atoms with Gasteiger partial charge in [0.2, 0.25) is 0 Å². The highest BCUT2D eigenvalue weighted by Gasteiger charge is 2.26. The van der Waals surface area contributed by atoms with Gasteiger partial charge in [0.1, 0.15) is 11.3 Å². The Kier molecular flexibility index (Phi) is 4.50. The Balaban J connectivity index is 2.11. The van der Waals surface area contributed by atoms with Crippen molar-refractivity contribution in [2.75, 3.05) is 7.05 Å². The second-order valence-corrected chi connectivity index (χ2v) is 7.01. The van der Waals surface area contributed by atoms with Crippen LogP contribution in [-0.4, -0.2) is 24.0 Å². The summed E-state index contributed by atoms with van der Waals surface area (Å²) in [7, 11) is 1.79. The van der Waals surface area contributed by atoms with E-state index in [0.29, 0.717) is 0 Å². The first-order valence-corrected chi connectivity index (χ1v) is 7.72. The molecule has 1 aromatic heterocycles. The number of carbonyl (C=O) groups is 1. The molecule has 0 spiro atoms. The lowest BCUT2D eigenvalue weighted by Crippen LogP contribution is -2.47. The van der Waals surface area contributed by atoms with Crippen molar-refractivity contribution < 1.29 is 9.21 Å². The highest BCUT2D eigenvalue weighted by Crippen LogP contribution is 2.27. The van der Waals surface area contributed by atoms with E-state index in [0.717, 1.165) is 16.7 Å². The molecule has 2 atom stereocenters. The molecule has 4 nitrogen and oxygen atoms in total.